The van der Waals surface area contributed by atoms with Gasteiger partial charge in [-0.25, -0.2) is 9.37 Å². The van der Waals surface area contributed by atoms with Gasteiger partial charge in [0, 0.05) is 23.4 Å². The molecule has 0 amide bonds. The van der Waals surface area contributed by atoms with E-state index in [9.17, 15) is 4.39 Å². The molecule has 0 aliphatic carbocycles. The second kappa shape index (κ2) is 6.61. The van der Waals surface area contributed by atoms with Crippen molar-refractivity contribution in [2.75, 3.05) is 6.61 Å². The number of fused-ring (bicyclic) bond motifs is 3. The fourth-order valence-corrected chi connectivity index (χ4v) is 4.40. The van der Waals surface area contributed by atoms with Crippen molar-refractivity contribution >= 4 is 33.5 Å². The van der Waals surface area contributed by atoms with Crippen molar-refractivity contribution in [1.82, 2.24) is 24.1 Å². The van der Waals surface area contributed by atoms with Gasteiger partial charge in [-0.1, -0.05) is 4.49 Å². The maximum atomic E-state index is 14.0. The predicted octanol–water partition coefficient (Wildman–Crippen LogP) is 3.91. The zero-order valence-corrected chi connectivity index (χ0v) is 15.6. The van der Waals surface area contributed by atoms with E-state index in [2.05, 4.69) is 26.1 Å². The molecular formula is C19H18FN5OS. The average molecular weight is 383 g/mol. The summed E-state index contributed by atoms with van der Waals surface area (Å²) in [4.78, 5) is 9.31. The highest BCUT2D eigenvalue weighted by molar-refractivity contribution is 7.03. The fraction of sp³-hybridized carbons (Fsp3) is 0.368. The molecule has 5 rings (SSSR count). The summed E-state index contributed by atoms with van der Waals surface area (Å²) in [6.07, 6.45) is 4.34. The second-order valence-corrected chi connectivity index (χ2v) is 7.59. The van der Waals surface area contributed by atoms with E-state index in [4.69, 9.17) is 9.72 Å². The van der Waals surface area contributed by atoms with Crippen LogP contribution in [0.2, 0.25) is 0 Å². The van der Waals surface area contributed by atoms with Crippen LogP contribution in [0.25, 0.3) is 21.9 Å². The minimum atomic E-state index is -0.268. The van der Waals surface area contributed by atoms with E-state index in [-0.39, 0.29) is 18.0 Å². The van der Waals surface area contributed by atoms with Gasteiger partial charge in [0.05, 0.1) is 35.4 Å². The van der Waals surface area contributed by atoms with Gasteiger partial charge < -0.3 is 9.30 Å². The lowest BCUT2D eigenvalue weighted by Gasteiger charge is -2.30. The molecular weight excluding hydrogens is 365 g/mol. The van der Waals surface area contributed by atoms with Crippen molar-refractivity contribution in [1.29, 1.82) is 0 Å². The lowest BCUT2D eigenvalue weighted by Crippen LogP contribution is -2.26. The van der Waals surface area contributed by atoms with Crippen molar-refractivity contribution in [2.24, 2.45) is 0 Å². The van der Waals surface area contributed by atoms with E-state index in [1.54, 1.807) is 18.3 Å². The lowest BCUT2D eigenvalue weighted by molar-refractivity contribution is 0.00631. The number of ether oxygens (including phenoxy) is 1. The van der Waals surface area contributed by atoms with Gasteiger partial charge in [0.1, 0.15) is 17.2 Å². The number of aromatic nitrogens is 5. The van der Waals surface area contributed by atoms with Gasteiger partial charge in [-0.05, 0) is 49.5 Å². The Labute approximate surface area is 159 Å². The van der Waals surface area contributed by atoms with E-state index in [1.807, 2.05) is 5.38 Å². The molecule has 27 heavy (non-hydrogen) atoms. The van der Waals surface area contributed by atoms with E-state index < -0.39 is 0 Å². The monoisotopic (exact) mass is 383 g/mol. The minimum absolute atomic E-state index is 0.180. The largest absolute Gasteiger partial charge is 0.378 e. The first-order valence-electron chi connectivity index (χ1n) is 9.01. The van der Waals surface area contributed by atoms with Crippen LogP contribution in [-0.4, -0.2) is 36.8 Å². The van der Waals surface area contributed by atoms with E-state index in [0.29, 0.717) is 13.0 Å². The van der Waals surface area contributed by atoms with Gasteiger partial charge >= 0.3 is 0 Å². The molecule has 138 valence electrons. The molecule has 1 saturated heterocycles. The molecule has 4 aromatic rings. The number of hydrogen-bond acceptors (Lipinski definition) is 6. The maximum absolute atomic E-state index is 14.0. The highest BCUT2D eigenvalue weighted by Crippen LogP contribution is 2.34. The molecule has 2 atom stereocenters. The van der Waals surface area contributed by atoms with Crippen LogP contribution >= 0.6 is 11.5 Å². The maximum Gasteiger partial charge on any atom is 0.124 e. The molecule has 0 bridgehead atoms. The minimum Gasteiger partial charge on any atom is -0.378 e. The molecule has 1 fully saturated rings. The zero-order valence-electron chi connectivity index (χ0n) is 14.8. The van der Waals surface area contributed by atoms with E-state index >= 15 is 0 Å². The Bertz CT molecular complexity index is 1110. The first-order chi connectivity index (χ1) is 13.2. The number of nitrogens with zero attached hydrogens (tertiary/aromatic N) is 5. The molecule has 8 heteroatoms. The Morgan fingerprint density at radius 1 is 1.33 bits per heavy atom. The van der Waals surface area contributed by atoms with Crippen molar-refractivity contribution in [3.63, 3.8) is 0 Å². The zero-order chi connectivity index (χ0) is 18.4. The Morgan fingerprint density at radius 3 is 3.07 bits per heavy atom. The fourth-order valence-electron chi connectivity index (χ4n) is 3.95. The molecule has 4 heterocycles. The van der Waals surface area contributed by atoms with Crippen LogP contribution in [0.5, 0.6) is 0 Å². The molecule has 1 aromatic carbocycles. The van der Waals surface area contributed by atoms with Crippen molar-refractivity contribution in [3.05, 3.63) is 47.1 Å². The molecule has 1 aliphatic heterocycles. The summed E-state index contributed by atoms with van der Waals surface area (Å²) in [5.41, 5.74) is 3.38. The van der Waals surface area contributed by atoms with Gasteiger partial charge in [0.2, 0.25) is 0 Å². The smallest absolute Gasteiger partial charge is 0.124 e. The van der Waals surface area contributed by atoms with Crippen molar-refractivity contribution in [3.8, 4) is 0 Å². The van der Waals surface area contributed by atoms with Crippen LogP contribution in [0, 0.1) is 5.82 Å². The van der Waals surface area contributed by atoms with Gasteiger partial charge in [-0.2, -0.15) is 0 Å². The molecule has 3 aromatic heterocycles. The van der Waals surface area contributed by atoms with E-state index in [1.165, 1.54) is 17.6 Å². The van der Waals surface area contributed by atoms with Crippen LogP contribution in [0.3, 0.4) is 0 Å². The standard InChI is InChI=1S/C19H18FN5OS/c1-11-6-14(4-5-26-11)25-18(8-13-10-27-24-23-13)22-17-9-21-16-3-2-12(20)7-15(16)19(17)25/h2-3,7,9-11,14H,4-6,8H2,1H3/t11-,14?/m1/s1. The Morgan fingerprint density at radius 2 is 2.26 bits per heavy atom. The quantitative estimate of drug-likeness (QED) is 0.537. The first kappa shape index (κ1) is 16.7. The van der Waals surface area contributed by atoms with Crippen molar-refractivity contribution in [2.45, 2.75) is 38.3 Å². The van der Waals surface area contributed by atoms with Gasteiger partial charge in [-0.3, -0.25) is 4.98 Å². The van der Waals surface area contributed by atoms with Crippen LogP contribution in [0.1, 0.15) is 37.3 Å². The van der Waals surface area contributed by atoms with Gasteiger partial charge in [0.25, 0.3) is 0 Å². The van der Waals surface area contributed by atoms with Crippen LogP contribution in [0.15, 0.2) is 29.8 Å². The Balaban J connectivity index is 1.76. The molecule has 0 radical (unpaired) electrons. The normalized spacial score (nSPS) is 20.5. The Hall–Kier alpha value is -2.45. The highest BCUT2D eigenvalue weighted by atomic mass is 32.1. The molecule has 0 saturated carbocycles. The summed E-state index contributed by atoms with van der Waals surface area (Å²) < 4.78 is 26.0. The predicted molar refractivity (Wildman–Crippen MR) is 101 cm³/mol. The number of rotatable bonds is 3. The van der Waals surface area contributed by atoms with Crippen LogP contribution < -0.4 is 0 Å². The van der Waals surface area contributed by atoms with Gasteiger partial charge in [-0.15, -0.1) is 5.10 Å². The number of imidazole rings is 1. The highest BCUT2D eigenvalue weighted by Gasteiger charge is 2.26. The second-order valence-electron chi connectivity index (χ2n) is 6.98. The van der Waals surface area contributed by atoms with E-state index in [0.717, 1.165) is 46.3 Å². The molecule has 1 unspecified atom stereocenters. The molecule has 0 N–H and O–H groups in total. The lowest BCUT2D eigenvalue weighted by atomic mass is 10.0. The number of benzene rings is 1. The summed E-state index contributed by atoms with van der Waals surface area (Å²) in [5, 5.41) is 6.90. The van der Waals surface area contributed by atoms with Crippen molar-refractivity contribution < 1.29 is 9.13 Å². The Kier molecular flexibility index (Phi) is 4.09. The third-order valence-electron chi connectivity index (χ3n) is 5.12. The summed E-state index contributed by atoms with van der Waals surface area (Å²) in [6.45, 7) is 2.80. The first-order valence-corrected chi connectivity index (χ1v) is 9.85. The summed E-state index contributed by atoms with van der Waals surface area (Å²) in [7, 11) is 0. The third kappa shape index (κ3) is 2.98. The molecule has 0 spiro atoms. The topological polar surface area (TPSA) is 65.7 Å². The summed E-state index contributed by atoms with van der Waals surface area (Å²) in [6, 6.07) is 4.96. The van der Waals surface area contributed by atoms with Crippen LogP contribution in [-0.2, 0) is 11.2 Å². The van der Waals surface area contributed by atoms with Gasteiger partial charge in [0.15, 0.2) is 0 Å². The third-order valence-corrected chi connectivity index (χ3v) is 5.67. The SMILES string of the molecule is C[C@@H]1CC(n2c(Cc3csnn3)nc3cnc4ccc(F)cc4c32)CCO1. The molecule has 1 aliphatic rings. The number of hydrogen-bond donors (Lipinski definition) is 0. The summed E-state index contributed by atoms with van der Waals surface area (Å²) in [5.74, 6) is 0.644. The average Bonchev–Trinajstić information content (AvgIpc) is 3.29. The van der Waals surface area contributed by atoms with Crippen LogP contribution in [0.4, 0.5) is 4.39 Å². The number of pyridine rings is 1. The summed E-state index contributed by atoms with van der Waals surface area (Å²) >= 11 is 1.33. The number of halogens is 1. The molecule has 6 nitrogen and oxygen atoms in total.